The number of aromatic nitrogens is 1. The highest BCUT2D eigenvalue weighted by atomic mass is 32.1. The van der Waals surface area contributed by atoms with Crippen molar-refractivity contribution in [2.75, 3.05) is 11.9 Å². The average Bonchev–Trinajstić information content (AvgIpc) is 2.77. The normalized spacial score (nSPS) is 10.4. The Morgan fingerprint density at radius 2 is 2.16 bits per heavy atom. The highest BCUT2D eigenvalue weighted by Crippen LogP contribution is 2.33. The van der Waals surface area contributed by atoms with Crippen molar-refractivity contribution < 1.29 is 20.1 Å². The quantitative estimate of drug-likeness (QED) is 0.680. The lowest BCUT2D eigenvalue weighted by atomic mass is 10.1. The summed E-state index contributed by atoms with van der Waals surface area (Å²) in [5.41, 5.74) is 0.971. The summed E-state index contributed by atoms with van der Waals surface area (Å²) in [5.74, 6) is -0.440. The molecular formula is C12H12N2O4S. The van der Waals surface area contributed by atoms with Crippen molar-refractivity contribution in [3.8, 4) is 22.8 Å². The van der Waals surface area contributed by atoms with Crippen LogP contribution in [-0.2, 0) is 4.79 Å². The van der Waals surface area contributed by atoms with Crippen LogP contribution in [0.2, 0.25) is 0 Å². The van der Waals surface area contributed by atoms with Crippen molar-refractivity contribution in [2.24, 2.45) is 0 Å². The van der Waals surface area contributed by atoms with Gasteiger partial charge >= 0.3 is 0 Å². The third-order valence-electron chi connectivity index (χ3n) is 2.35. The van der Waals surface area contributed by atoms with E-state index in [0.717, 1.165) is 0 Å². The maximum Gasteiger partial charge on any atom is 0.228 e. The summed E-state index contributed by atoms with van der Waals surface area (Å²) in [6.45, 7) is -0.219. The van der Waals surface area contributed by atoms with E-state index in [4.69, 9.17) is 5.11 Å². The Labute approximate surface area is 113 Å². The minimum Gasteiger partial charge on any atom is -0.508 e. The van der Waals surface area contributed by atoms with Crippen LogP contribution in [0.4, 0.5) is 5.13 Å². The zero-order valence-corrected chi connectivity index (χ0v) is 10.6. The molecule has 1 heterocycles. The Morgan fingerprint density at radius 3 is 2.84 bits per heavy atom. The number of thiazole rings is 1. The number of phenols is 2. The zero-order valence-electron chi connectivity index (χ0n) is 9.83. The van der Waals surface area contributed by atoms with Crippen molar-refractivity contribution >= 4 is 22.4 Å². The highest BCUT2D eigenvalue weighted by molar-refractivity contribution is 7.14. The maximum atomic E-state index is 11.3. The lowest BCUT2D eigenvalue weighted by molar-refractivity contribution is -0.116. The van der Waals surface area contributed by atoms with Crippen molar-refractivity contribution in [3.63, 3.8) is 0 Å². The van der Waals surface area contributed by atoms with E-state index in [1.54, 1.807) is 11.4 Å². The summed E-state index contributed by atoms with van der Waals surface area (Å²) in [6, 6.07) is 4.20. The monoisotopic (exact) mass is 280 g/mol. The Bertz CT molecular complexity index is 597. The Hall–Kier alpha value is -2.12. The second-order valence-electron chi connectivity index (χ2n) is 3.76. The third kappa shape index (κ3) is 3.21. The molecule has 1 aromatic heterocycles. The fourth-order valence-corrected chi connectivity index (χ4v) is 2.20. The molecule has 0 aliphatic rings. The Balaban J connectivity index is 2.18. The molecule has 0 aliphatic heterocycles. The Kier molecular flexibility index (Phi) is 3.98. The van der Waals surface area contributed by atoms with Gasteiger partial charge in [0.1, 0.15) is 11.5 Å². The number of aliphatic hydroxyl groups excluding tert-OH is 1. The smallest absolute Gasteiger partial charge is 0.228 e. The molecule has 0 spiro atoms. The van der Waals surface area contributed by atoms with E-state index in [-0.39, 0.29) is 30.4 Å². The first-order chi connectivity index (χ1) is 9.10. The molecule has 100 valence electrons. The number of aliphatic hydroxyl groups is 1. The minimum atomic E-state index is -0.321. The van der Waals surface area contributed by atoms with Gasteiger partial charge in [-0.25, -0.2) is 4.98 Å². The van der Waals surface area contributed by atoms with E-state index >= 15 is 0 Å². The van der Waals surface area contributed by atoms with Gasteiger partial charge in [-0.1, -0.05) is 0 Å². The number of carbonyl (C=O) groups is 1. The molecule has 4 N–H and O–H groups in total. The van der Waals surface area contributed by atoms with E-state index in [2.05, 4.69) is 10.3 Å². The van der Waals surface area contributed by atoms with Crippen LogP contribution in [0.25, 0.3) is 11.3 Å². The molecule has 0 fully saturated rings. The summed E-state index contributed by atoms with van der Waals surface area (Å²) >= 11 is 1.21. The van der Waals surface area contributed by atoms with Gasteiger partial charge in [-0.15, -0.1) is 11.3 Å². The fraction of sp³-hybridized carbons (Fsp3) is 0.167. The number of carbonyl (C=O) groups excluding carboxylic acids is 1. The number of rotatable bonds is 4. The molecule has 0 aliphatic carbocycles. The molecule has 0 saturated carbocycles. The second kappa shape index (κ2) is 5.68. The minimum absolute atomic E-state index is 0.0133. The summed E-state index contributed by atoms with van der Waals surface area (Å²) in [4.78, 5) is 15.4. The molecule has 2 aromatic rings. The first-order valence-electron chi connectivity index (χ1n) is 5.48. The molecule has 6 nitrogen and oxygen atoms in total. The standard InChI is InChI=1S/C12H12N2O4S/c15-4-3-11(18)14-12-13-9(6-19-12)8-2-1-7(16)5-10(8)17/h1-2,5-6,15-17H,3-4H2,(H,13,14,18). The summed E-state index contributed by atoms with van der Waals surface area (Å²) in [7, 11) is 0. The number of amides is 1. The predicted molar refractivity (Wildman–Crippen MR) is 71.2 cm³/mol. The van der Waals surface area contributed by atoms with Gasteiger partial charge in [0, 0.05) is 17.0 Å². The van der Waals surface area contributed by atoms with Crippen LogP contribution in [0.15, 0.2) is 23.6 Å². The van der Waals surface area contributed by atoms with Gasteiger partial charge in [0.05, 0.1) is 18.7 Å². The molecule has 7 heteroatoms. The van der Waals surface area contributed by atoms with Gasteiger partial charge in [-0.3, -0.25) is 4.79 Å². The number of phenolic OH excluding ortho intramolecular Hbond substituents is 2. The average molecular weight is 280 g/mol. The van der Waals surface area contributed by atoms with Crippen LogP contribution in [0.1, 0.15) is 6.42 Å². The lowest BCUT2D eigenvalue weighted by Gasteiger charge is -2.01. The van der Waals surface area contributed by atoms with E-state index in [1.807, 2.05) is 0 Å². The number of nitrogens with zero attached hydrogens (tertiary/aromatic N) is 1. The zero-order chi connectivity index (χ0) is 13.8. The molecule has 0 atom stereocenters. The summed E-state index contributed by atoms with van der Waals surface area (Å²) in [5, 5.41) is 32.2. The van der Waals surface area contributed by atoms with Crippen molar-refractivity contribution in [3.05, 3.63) is 23.6 Å². The fourth-order valence-electron chi connectivity index (χ4n) is 1.47. The van der Waals surface area contributed by atoms with Gasteiger partial charge in [0.25, 0.3) is 0 Å². The molecule has 0 unspecified atom stereocenters. The topological polar surface area (TPSA) is 103 Å². The van der Waals surface area contributed by atoms with Gasteiger partial charge in [0.2, 0.25) is 5.91 Å². The largest absolute Gasteiger partial charge is 0.508 e. The summed E-state index contributed by atoms with van der Waals surface area (Å²) in [6.07, 6.45) is 0.0133. The van der Waals surface area contributed by atoms with Crippen molar-refractivity contribution in [1.29, 1.82) is 0 Å². The van der Waals surface area contributed by atoms with Crippen LogP contribution < -0.4 is 5.32 Å². The molecular weight excluding hydrogens is 268 g/mol. The molecule has 19 heavy (non-hydrogen) atoms. The van der Waals surface area contributed by atoms with E-state index in [1.165, 1.54) is 23.5 Å². The van der Waals surface area contributed by atoms with E-state index in [0.29, 0.717) is 16.4 Å². The molecule has 1 amide bonds. The molecule has 0 saturated heterocycles. The predicted octanol–water partition coefficient (Wildman–Crippen LogP) is 1.54. The third-order valence-corrected chi connectivity index (χ3v) is 3.10. The van der Waals surface area contributed by atoms with Gasteiger partial charge in [0.15, 0.2) is 5.13 Å². The first kappa shape index (κ1) is 13.3. The van der Waals surface area contributed by atoms with Crippen LogP contribution in [0, 0.1) is 0 Å². The number of aromatic hydroxyl groups is 2. The Morgan fingerprint density at radius 1 is 1.37 bits per heavy atom. The van der Waals surface area contributed by atoms with Gasteiger partial charge in [-0.05, 0) is 12.1 Å². The maximum absolute atomic E-state index is 11.3. The van der Waals surface area contributed by atoms with Crippen LogP contribution >= 0.6 is 11.3 Å². The molecule has 2 rings (SSSR count). The molecule has 1 aromatic carbocycles. The van der Waals surface area contributed by atoms with E-state index < -0.39 is 0 Å². The number of nitrogens with one attached hydrogen (secondary N) is 1. The van der Waals surface area contributed by atoms with Crippen LogP contribution in [0.5, 0.6) is 11.5 Å². The van der Waals surface area contributed by atoms with Gasteiger partial charge in [-0.2, -0.15) is 0 Å². The number of anilines is 1. The molecule has 0 radical (unpaired) electrons. The first-order valence-corrected chi connectivity index (χ1v) is 6.36. The van der Waals surface area contributed by atoms with Crippen molar-refractivity contribution in [1.82, 2.24) is 4.98 Å². The number of benzene rings is 1. The molecule has 0 bridgehead atoms. The van der Waals surface area contributed by atoms with Gasteiger partial charge < -0.3 is 20.6 Å². The highest BCUT2D eigenvalue weighted by Gasteiger charge is 2.11. The SMILES string of the molecule is O=C(CCO)Nc1nc(-c2ccc(O)cc2O)cs1. The second-order valence-corrected chi connectivity index (χ2v) is 4.62. The van der Waals surface area contributed by atoms with Crippen LogP contribution in [0.3, 0.4) is 0 Å². The number of hydrogen-bond acceptors (Lipinski definition) is 6. The lowest BCUT2D eigenvalue weighted by Crippen LogP contribution is -2.12. The van der Waals surface area contributed by atoms with E-state index in [9.17, 15) is 15.0 Å². The number of hydrogen-bond donors (Lipinski definition) is 4. The summed E-state index contributed by atoms with van der Waals surface area (Å²) < 4.78 is 0. The van der Waals surface area contributed by atoms with Crippen molar-refractivity contribution in [2.45, 2.75) is 6.42 Å². The van der Waals surface area contributed by atoms with Crippen LogP contribution in [-0.4, -0.2) is 32.8 Å².